The van der Waals surface area contributed by atoms with Crippen LogP contribution >= 0.6 is 0 Å². The molecule has 0 fully saturated rings. The molecular formula is C21H19F4N3O3. The summed E-state index contributed by atoms with van der Waals surface area (Å²) in [6.07, 6.45) is 0. The average Bonchev–Trinajstić information content (AvgIpc) is 2.68. The molecule has 0 atom stereocenters. The Balaban J connectivity index is 1.91. The molecule has 3 aromatic rings. The molecule has 0 aliphatic heterocycles. The predicted molar refractivity (Wildman–Crippen MR) is 106 cm³/mol. The summed E-state index contributed by atoms with van der Waals surface area (Å²) in [6, 6.07) is 5.95. The van der Waals surface area contributed by atoms with Crippen LogP contribution in [-0.2, 0) is 6.61 Å². The third-order valence-corrected chi connectivity index (χ3v) is 4.56. The van der Waals surface area contributed by atoms with Crippen LogP contribution in [0.4, 0.5) is 23.2 Å². The van der Waals surface area contributed by atoms with Crippen molar-refractivity contribution in [2.24, 2.45) is 0 Å². The van der Waals surface area contributed by atoms with E-state index in [4.69, 9.17) is 9.84 Å². The van der Waals surface area contributed by atoms with E-state index >= 15 is 0 Å². The Bertz CT molecular complexity index is 1140. The highest BCUT2D eigenvalue weighted by Crippen LogP contribution is 2.25. The summed E-state index contributed by atoms with van der Waals surface area (Å²) >= 11 is 0. The van der Waals surface area contributed by atoms with Gasteiger partial charge in [0.05, 0.1) is 12.7 Å². The van der Waals surface area contributed by atoms with Gasteiger partial charge in [0.15, 0.2) is 11.6 Å². The number of anilines is 1. The van der Waals surface area contributed by atoms with Gasteiger partial charge in [0.25, 0.3) is 5.56 Å². The Hall–Kier alpha value is -3.40. The summed E-state index contributed by atoms with van der Waals surface area (Å²) in [6.45, 7) is 1.00. The lowest BCUT2D eigenvalue weighted by molar-refractivity contribution is 0.285. The number of likely N-dealkylation sites (N-methyl/N-ethyl adjacent to an activating group) is 1. The van der Waals surface area contributed by atoms with Gasteiger partial charge in [0.1, 0.15) is 29.8 Å². The van der Waals surface area contributed by atoms with E-state index in [1.165, 1.54) is 17.9 Å². The molecular weight excluding hydrogens is 418 g/mol. The molecule has 0 radical (unpaired) electrons. The van der Waals surface area contributed by atoms with Gasteiger partial charge in [-0.2, -0.15) is 4.98 Å². The largest absolute Gasteiger partial charge is 0.472 e. The molecule has 0 aliphatic carbocycles. The number of aryl methyl sites for hydroxylation is 1. The molecule has 0 bridgehead atoms. The summed E-state index contributed by atoms with van der Waals surface area (Å²) in [5.74, 6) is -3.78. The summed E-state index contributed by atoms with van der Waals surface area (Å²) in [4.78, 5) is 18.0. The highest BCUT2D eigenvalue weighted by Gasteiger charge is 2.19. The normalized spacial score (nSPS) is 10.9. The van der Waals surface area contributed by atoms with Crippen LogP contribution in [-0.4, -0.2) is 34.9 Å². The molecule has 164 valence electrons. The number of rotatable bonds is 7. The summed E-state index contributed by atoms with van der Waals surface area (Å²) in [5, 5.41) is 8.98. The minimum Gasteiger partial charge on any atom is -0.472 e. The monoisotopic (exact) mass is 437 g/mol. The van der Waals surface area contributed by atoms with Crippen molar-refractivity contribution < 1.29 is 27.4 Å². The fourth-order valence-electron chi connectivity index (χ4n) is 2.97. The van der Waals surface area contributed by atoms with Gasteiger partial charge in [-0.25, -0.2) is 17.6 Å². The van der Waals surface area contributed by atoms with Gasteiger partial charge in [-0.3, -0.25) is 9.36 Å². The lowest BCUT2D eigenvalue weighted by Crippen LogP contribution is -2.25. The van der Waals surface area contributed by atoms with Crippen molar-refractivity contribution in [1.29, 1.82) is 0 Å². The van der Waals surface area contributed by atoms with Gasteiger partial charge < -0.3 is 14.7 Å². The van der Waals surface area contributed by atoms with Crippen molar-refractivity contribution in [3.8, 4) is 11.6 Å². The van der Waals surface area contributed by atoms with Crippen molar-refractivity contribution in [1.82, 2.24) is 9.55 Å². The molecule has 31 heavy (non-hydrogen) atoms. The van der Waals surface area contributed by atoms with Crippen LogP contribution in [0.1, 0.15) is 11.4 Å². The Morgan fingerprint density at radius 2 is 1.74 bits per heavy atom. The van der Waals surface area contributed by atoms with Gasteiger partial charge in [0.2, 0.25) is 5.88 Å². The number of aliphatic hydroxyl groups is 1. The fourth-order valence-corrected chi connectivity index (χ4v) is 2.97. The standard InChI is InChI=1S/C21H19F4N3O3/c1-12-26-19(31-11-13-3-4-14(22)7-16(13)23)10-20(30)28(12)21-17(24)8-15(9-18(21)25)27(2)5-6-29/h3-4,7-10,29H,5-6,11H2,1-2H3. The first-order chi connectivity index (χ1) is 14.7. The third kappa shape index (κ3) is 4.85. The molecule has 10 heteroatoms. The Morgan fingerprint density at radius 1 is 1.06 bits per heavy atom. The zero-order valence-electron chi connectivity index (χ0n) is 16.7. The SMILES string of the molecule is Cc1nc(OCc2ccc(F)cc2F)cc(=O)n1-c1c(F)cc(N(C)CCO)cc1F. The van der Waals surface area contributed by atoms with Gasteiger partial charge >= 0.3 is 0 Å². The molecule has 0 amide bonds. The number of halogens is 4. The second-order valence-corrected chi connectivity index (χ2v) is 6.74. The van der Waals surface area contributed by atoms with Crippen LogP contribution in [0.2, 0.25) is 0 Å². The van der Waals surface area contributed by atoms with Crippen LogP contribution in [0.25, 0.3) is 5.69 Å². The van der Waals surface area contributed by atoms with Crippen LogP contribution in [0.5, 0.6) is 5.88 Å². The summed E-state index contributed by atoms with van der Waals surface area (Å²) in [7, 11) is 1.55. The first-order valence-corrected chi connectivity index (χ1v) is 9.20. The molecule has 1 heterocycles. The summed E-state index contributed by atoms with van der Waals surface area (Å²) in [5.41, 5.74) is -1.18. The van der Waals surface area contributed by atoms with Crippen LogP contribution in [0.3, 0.4) is 0 Å². The lowest BCUT2D eigenvalue weighted by Gasteiger charge is -2.20. The van der Waals surface area contributed by atoms with Crippen molar-refractivity contribution >= 4 is 5.69 Å². The maximum absolute atomic E-state index is 14.7. The minimum atomic E-state index is -0.992. The second-order valence-electron chi connectivity index (χ2n) is 6.74. The predicted octanol–water partition coefficient (Wildman–Crippen LogP) is 3.10. The van der Waals surface area contributed by atoms with Gasteiger partial charge in [0, 0.05) is 30.9 Å². The molecule has 3 rings (SSSR count). The number of nitrogens with zero attached hydrogens (tertiary/aromatic N) is 3. The Labute approximate surface area is 175 Å². The quantitative estimate of drug-likeness (QED) is 0.576. The van der Waals surface area contributed by atoms with E-state index in [1.807, 2.05) is 0 Å². The van der Waals surface area contributed by atoms with Crippen molar-refractivity contribution in [2.45, 2.75) is 13.5 Å². The average molecular weight is 437 g/mol. The maximum atomic E-state index is 14.7. The first-order valence-electron chi connectivity index (χ1n) is 9.20. The van der Waals surface area contributed by atoms with Crippen molar-refractivity contribution in [2.75, 3.05) is 25.1 Å². The number of ether oxygens (including phenoxy) is 1. The van der Waals surface area contributed by atoms with Crippen molar-refractivity contribution in [3.05, 3.63) is 81.4 Å². The van der Waals surface area contributed by atoms with Gasteiger partial charge in [-0.05, 0) is 31.2 Å². The molecule has 6 nitrogen and oxygen atoms in total. The topological polar surface area (TPSA) is 67.6 Å². The number of hydrogen-bond donors (Lipinski definition) is 1. The Kier molecular flexibility index (Phi) is 6.59. The number of aliphatic hydroxyl groups excluding tert-OH is 1. The number of hydrogen-bond acceptors (Lipinski definition) is 5. The van der Waals surface area contributed by atoms with E-state index in [0.717, 1.165) is 28.8 Å². The second kappa shape index (κ2) is 9.17. The third-order valence-electron chi connectivity index (χ3n) is 4.56. The highest BCUT2D eigenvalue weighted by molar-refractivity contribution is 5.52. The van der Waals surface area contributed by atoms with E-state index in [1.54, 1.807) is 7.05 Å². The number of aromatic nitrogens is 2. The molecule has 2 aromatic carbocycles. The van der Waals surface area contributed by atoms with Crippen LogP contribution < -0.4 is 15.2 Å². The van der Waals surface area contributed by atoms with E-state index < -0.39 is 34.5 Å². The zero-order valence-corrected chi connectivity index (χ0v) is 16.7. The van der Waals surface area contributed by atoms with Gasteiger partial charge in [-0.1, -0.05) is 0 Å². The minimum absolute atomic E-state index is 0.0460. The molecule has 0 spiro atoms. The zero-order chi connectivity index (χ0) is 22.7. The fraction of sp³-hybridized carbons (Fsp3) is 0.238. The molecule has 0 aliphatic rings. The highest BCUT2D eigenvalue weighted by atomic mass is 19.1. The van der Waals surface area contributed by atoms with Crippen molar-refractivity contribution in [3.63, 3.8) is 0 Å². The number of benzene rings is 2. The Morgan fingerprint density at radius 3 is 2.32 bits per heavy atom. The molecule has 0 saturated carbocycles. The van der Waals surface area contributed by atoms with E-state index in [9.17, 15) is 22.4 Å². The van der Waals surface area contributed by atoms with Gasteiger partial charge in [-0.15, -0.1) is 0 Å². The van der Waals surface area contributed by atoms with E-state index in [-0.39, 0.29) is 42.7 Å². The molecule has 0 saturated heterocycles. The lowest BCUT2D eigenvalue weighted by atomic mass is 10.2. The van der Waals surface area contributed by atoms with Crippen LogP contribution in [0, 0.1) is 30.2 Å². The molecule has 0 unspecified atom stereocenters. The molecule has 1 N–H and O–H groups in total. The smallest absolute Gasteiger partial charge is 0.262 e. The first kappa shape index (κ1) is 22.3. The van der Waals surface area contributed by atoms with E-state index in [2.05, 4.69) is 4.98 Å². The van der Waals surface area contributed by atoms with Crippen LogP contribution in [0.15, 0.2) is 41.2 Å². The maximum Gasteiger partial charge on any atom is 0.262 e. The molecule has 1 aromatic heterocycles. The summed E-state index contributed by atoms with van der Waals surface area (Å²) < 4.78 is 62.1. The van der Waals surface area contributed by atoms with E-state index in [0.29, 0.717) is 6.07 Å².